The van der Waals surface area contributed by atoms with Crippen LogP contribution in [0.5, 0.6) is 0 Å². The van der Waals surface area contributed by atoms with E-state index in [1.807, 2.05) is 13.1 Å². The van der Waals surface area contributed by atoms with Gasteiger partial charge in [-0.15, -0.1) is 0 Å². The molecule has 3 nitrogen and oxygen atoms in total. The highest BCUT2D eigenvalue weighted by Gasteiger charge is 2.22. The first kappa shape index (κ1) is 15.4. The van der Waals surface area contributed by atoms with Crippen molar-refractivity contribution in [2.24, 2.45) is 5.73 Å². The van der Waals surface area contributed by atoms with E-state index in [0.717, 1.165) is 13.1 Å². The van der Waals surface area contributed by atoms with Crippen LogP contribution in [0, 0.1) is 5.82 Å². The van der Waals surface area contributed by atoms with Crippen LogP contribution in [0.2, 0.25) is 0 Å². The van der Waals surface area contributed by atoms with Gasteiger partial charge in [0, 0.05) is 30.3 Å². The van der Waals surface area contributed by atoms with Crippen molar-refractivity contribution in [2.45, 2.75) is 25.4 Å². The van der Waals surface area contributed by atoms with Gasteiger partial charge in [-0.05, 0) is 39.5 Å². The highest BCUT2D eigenvalue weighted by Crippen LogP contribution is 2.18. The SMILES string of the molecule is CN(Cc1cccc(C(N)=S)c1F)CC1CCCN1C. The van der Waals surface area contributed by atoms with Crippen molar-refractivity contribution in [2.75, 3.05) is 27.2 Å². The Hall–Kier alpha value is -1.04. The molecule has 1 unspecified atom stereocenters. The van der Waals surface area contributed by atoms with Crippen LogP contribution in [0.3, 0.4) is 0 Å². The average molecular weight is 295 g/mol. The molecule has 0 bridgehead atoms. The zero-order chi connectivity index (χ0) is 14.7. The van der Waals surface area contributed by atoms with Gasteiger partial charge >= 0.3 is 0 Å². The zero-order valence-electron chi connectivity index (χ0n) is 12.1. The molecule has 1 aromatic carbocycles. The predicted molar refractivity (Wildman–Crippen MR) is 84.3 cm³/mol. The molecule has 1 aliphatic rings. The van der Waals surface area contributed by atoms with Gasteiger partial charge in [-0.25, -0.2) is 4.39 Å². The van der Waals surface area contributed by atoms with Gasteiger partial charge in [0.15, 0.2) is 0 Å². The maximum Gasteiger partial charge on any atom is 0.137 e. The van der Waals surface area contributed by atoms with Crippen LogP contribution >= 0.6 is 12.2 Å². The van der Waals surface area contributed by atoms with Crippen LogP contribution in [-0.2, 0) is 6.54 Å². The molecular weight excluding hydrogens is 273 g/mol. The summed E-state index contributed by atoms with van der Waals surface area (Å²) in [5.74, 6) is -0.286. The number of halogens is 1. The molecule has 0 radical (unpaired) electrons. The first-order valence-electron chi connectivity index (χ1n) is 6.95. The summed E-state index contributed by atoms with van der Waals surface area (Å²) < 4.78 is 14.3. The number of likely N-dealkylation sites (tertiary alicyclic amines) is 1. The van der Waals surface area contributed by atoms with E-state index in [1.54, 1.807) is 12.1 Å². The molecule has 0 saturated carbocycles. The lowest BCUT2D eigenvalue weighted by atomic mass is 10.1. The molecule has 1 atom stereocenters. The molecule has 2 rings (SSSR count). The van der Waals surface area contributed by atoms with E-state index in [0.29, 0.717) is 23.7 Å². The van der Waals surface area contributed by atoms with Crippen LogP contribution in [-0.4, -0.2) is 48.0 Å². The van der Waals surface area contributed by atoms with E-state index in [1.165, 1.54) is 12.8 Å². The molecule has 1 aromatic rings. The number of nitrogens with zero attached hydrogens (tertiary/aromatic N) is 2. The number of hydrogen-bond donors (Lipinski definition) is 1. The van der Waals surface area contributed by atoms with E-state index in [4.69, 9.17) is 18.0 Å². The third-order valence-electron chi connectivity index (χ3n) is 3.98. The second-order valence-corrected chi connectivity index (χ2v) is 6.06. The fourth-order valence-corrected chi connectivity index (χ4v) is 2.97. The summed E-state index contributed by atoms with van der Waals surface area (Å²) in [7, 11) is 4.18. The smallest absolute Gasteiger partial charge is 0.137 e. The minimum Gasteiger partial charge on any atom is -0.389 e. The molecule has 0 aromatic heterocycles. The monoisotopic (exact) mass is 295 g/mol. The Morgan fingerprint density at radius 3 is 2.90 bits per heavy atom. The molecule has 1 heterocycles. The number of hydrogen-bond acceptors (Lipinski definition) is 3. The Morgan fingerprint density at radius 1 is 1.55 bits per heavy atom. The molecular formula is C15H22FN3S. The summed E-state index contributed by atoms with van der Waals surface area (Å²) in [4.78, 5) is 4.65. The molecule has 0 aliphatic carbocycles. The number of rotatable bonds is 5. The van der Waals surface area contributed by atoms with Crippen molar-refractivity contribution in [1.29, 1.82) is 0 Å². The molecule has 20 heavy (non-hydrogen) atoms. The highest BCUT2D eigenvalue weighted by molar-refractivity contribution is 7.80. The minimum absolute atomic E-state index is 0.113. The lowest BCUT2D eigenvalue weighted by Gasteiger charge is -2.26. The minimum atomic E-state index is -0.286. The van der Waals surface area contributed by atoms with Gasteiger partial charge in [-0.3, -0.25) is 0 Å². The molecule has 0 spiro atoms. The van der Waals surface area contributed by atoms with E-state index in [2.05, 4.69) is 16.8 Å². The number of likely N-dealkylation sites (N-methyl/N-ethyl adjacent to an activating group) is 2. The largest absolute Gasteiger partial charge is 0.389 e. The van der Waals surface area contributed by atoms with E-state index < -0.39 is 0 Å². The number of thiocarbonyl (C=S) groups is 1. The summed E-state index contributed by atoms with van der Waals surface area (Å²) in [5.41, 5.74) is 6.52. The number of nitrogens with two attached hydrogens (primary N) is 1. The summed E-state index contributed by atoms with van der Waals surface area (Å²) >= 11 is 4.87. The van der Waals surface area contributed by atoms with Crippen LogP contribution in [0.4, 0.5) is 4.39 Å². The zero-order valence-corrected chi connectivity index (χ0v) is 12.9. The lowest BCUT2D eigenvalue weighted by molar-refractivity contribution is 0.214. The summed E-state index contributed by atoms with van der Waals surface area (Å²) in [5, 5.41) is 0. The molecule has 1 aliphatic heterocycles. The van der Waals surface area contributed by atoms with Gasteiger partial charge in [0.1, 0.15) is 10.8 Å². The topological polar surface area (TPSA) is 32.5 Å². The maximum absolute atomic E-state index is 14.3. The van der Waals surface area contributed by atoms with Crippen molar-refractivity contribution >= 4 is 17.2 Å². The Bertz CT molecular complexity index is 492. The Kier molecular flexibility index (Phi) is 5.07. The molecule has 1 saturated heterocycles. The maximum atomic E-state index is 14.3. The van der Waals surface area contributed by atoms with Gasteiger partial charge in [0.2, 0.25) is 0 Å². The fourth-order valence-electron chi connectivity index (χ4n) is 2.82. The molecule has 2 N–H and O–H groups in total. The first-order valence-corrected chi connectivity index (χ1v) is 7.36. The number of benzene rings is 1. The molecule has 0 amide bonds. The van der Waals surface area contributed by atoms with Gasteiger partial charge in [0.05, 0.1) is 0 Å². The van der Waals surface area contributed by atoms with Gasteiger partial charge < -0.3 is 15.5 Å². The van der Waals surface area contributed by atoms with Crippen LogP contribution < -0.4 is 5.73 Å². The predicted octanol–water partition coefficient (Wildman–Crippen LogP) is 1.99. The molecule has 5 heteroatoms. The summed E-state index contributed by atoms with van der Waals surface area (Å²) in [6.07, 6.45) is 2.47. The van der Waals surface area contributed by atoms with Crippen LogP contribution in [0.1, 0.15) is 24.0 Å². The Balaban J connectivity index is 2.02. The van der Waals surface area contributed by atoms with Gasteiger partial charge in [0.25, 0.3) is 0 Å². The Morgan fingerprint density at radius 2 is 2.30 bits per heavy atom. The van der Waals surface area contributed by atoms with Crippen molar-refractivity contribution in [3.8, 4) is 0 Å². The van der Waals surface area contributed by atoms with Crippen molar-refractivity contribution in [3.05, 3.63) is 35.1 Å². The first-order chi connectivity index (χ1) is 9.49. The second kappa shape index (κ2) is 6.61. The van der Waals surface area contributed by atoms with Crippen molar-refractivity contribution < 1.29 is 4.39 Å². The van der Waals surface area contributed by atoms with Crippen molar-refractivity contribution in [1.82, 2.24) is 9.80 Å². The Labute approximate surface area is 125 Å². The second-order valence-electron chi connectivity index (χ2n) is 5.62. The third kappa shape index (κ3) is 3.53. The van der Waals surface area contributed by atoms with E-state index >= 15 is 0 Å². The lowest BCUT2D eigenvalue weighted by Crippen LogP contribution is -2.36. The van der Waals surface area contributed by atoms with E-state index in [-0.39, 0.29) is 10.8 Å². The highest BCUT2D eigenvalue weighted by atomic mass is 32.1. The standard InChI is InChI=1S/C15H22FN3S/c1-18(10-12-6-4-8-19(12)2)9-11-5-3-7-13(14(11)16)15(17)20/h3,5,7,12H,4,6,8-10H2,1-2H3,(H2,17,20). The normalized spacial score (nSPS) is 19.7. The van der Waals surface area contributed by atoms with Gasteiger partial charge in [-0.1, -0.05) is 24.4 Å². The summed E-state index contributed by atoms with van der Waals surface area (Å²) in [6, 6.07) is 5.81. The van der Waals surface area contributed by atoms with Crippen LogP contribution in [0.15, 0.2) is 18.2 Å². The van der Waals surface area contributed by atoms with Crippen molar-refractivity contribution in [3.63, 3.8) is 0 Å². The molecule has 110 valence electrons. The van der Waals surface area contributed by atoms with Gasteiger partial charge in [-0.2, -0.15) is 0 Å². The quantitative estimate of drug-likeness (QED) is 0.842. The van der Waals surface area contributed by atoms with E-state index in [9.17, 15) is 4.39 Å². The third-order valence-corrected chi connectivity index (χ3v) is 4.20. The molecule has 1 fully saturated rings. The van der Waals surface area contributed by atoms with Crippen LogP contribution in [0.25, 0.3) is 0 Å². The fraction of sp³-hybridized carbons (Fsp3) is 0.533. The average Bonchev–Trinajstić information content (AvgIpc) is 2.77. The summed E-state index contributed by atoms with van der Waals surface area (Å²) in [6.45, 7) is 2.68.